The smallest absolute Gasteiger partial charge is 0.257 e. The SMILES string of the molecule is COc1cc(Br)ccc1C(=O)N(C)Cc1cscn1. The number of aromatic nitrogens is 1. The van der Waals surface area contributed by atoms with Gasteiger partial charge in [-0.05, 0) is 18.2 Å². The summed E-state index contributed by atoms with van der Waals surface area (Å²) in [5.41, 5.74) is 3.19. The van der Waals surface area contributed by atoms with Crippen LogP contribution in [0.2, 0.25) is 0 Å². The van der Waals surface area contributed by atoms with Crippen molar-refractivity contribution in [2.45, 2.75) is 6.54 Å². The first-order valence-electron chi connectivity index (χ1n) is 5.58. The highest BCUT2D eigenvalue weighted by atomic mass is 79.9. The van der Waals surface area contributed by atoms with Crippen LogP contribution in [-0.2, 0) is 6.54 Å². The number of carbonyl (C=O) groups is 1. The number of halogens is 1. The zero-order valence-electron chi connectivity index (χ0n) is 10.6. The summed E-state index contributed by atoms with van der Waals surface area (Å²) in [5.74, 6) is 0.474. The molecule has 0 radical (unpaired) electrons. The summed E-state index contributed by atoms with van der Waals surface area (Å²) in [6.45, 7) is 0.488. The molecule has 0 bridgehead atoms. The van der Waals surface area contributed by atoms with E-state index in [2.05, 4.69) is 20.9 Å². The predicted molar refractivity (Wildman–Crippen MR) is 78.6 cm³/mol. The number of rotatable bonds is 4. The molecule has 1 aromatic carbocycles. The third-order valence-corrected chi connectivity index (χ3v) is 3.75. The van der Waals surface area contributed by atoms with E-state index >= 15 is 0 Å². The van der Waals surface area contributed by atoms with Gasteiger partial charge in [-0.3, -0.25) is 4.79 Å². The molecule has 0 saturated heterocycles. The molecule has 4 nitrogen and oxygen atoms in total. The van der Waals surface area contributed by atoms with Gasteiger partial charge in [-0.2, -0.15) is 0 Å². The number of hydrogen-bond acceptors (Lipinski definition) is 4. The van der Waals surface area contributed by atoms with Gasteiger partial charge in [-0.15, -0.1) is 11.3 Å². The van der Waals surface area contributed by atoms with Crippen molar-refractivity contribution in [1.82, 2.24) is 9.88 Å². The molecule has 0 saturated carbocycles. The maximum Gasteiger partial charge on any atom is 0.257 e. The molecular weight excluding hydrogens is 328 g/mol. The van der Waals surface area contributed by atoms with Gasteiger partial charge in [0.2, 0.25) is 0 Å². The Morgan fingerprint density at radius 1 is 1.53 bits per heavy atom. The topological polar surface area (TPSA) is 42.4 Å². The van der Waals surface area contributed by atoms with E-state index in [9.17, 15) is 4.79 Å². The molecule has 19 heavy (non-hydrogen) atoms. The second-order valence-corrected chi connectivity index (χ2v) is 5.62. The van der Waals surface area contributed by atoms with Crippen LogP contribution in [0.25, 0.3) is 0 Å². The standard InChI is InChI=1S/C13H13BrN2O2S/c1-16(6-10-7-19-8-15-10)13(17)11-4-3-9(14)5-12(11)18-2/h3-5,7-8H,6H2,1-2H3. The van der Waals surface area contributed by atoms with Crippen molar-refractivity contribution >= 4 is 33.2 Å². The second kappa shape index (κ2) is 6.16. The predicted octanol–water partition coefficient (Wildman–Crippen LogP) is 3.19. The van der Waals surface area contributed by atoms with Crippen LogP contribution in [0.15, 0.2) is 33.6 Å². The minimum Gasteiger partial charge on any atom is -0.496 e. The van der Waals surface area contributed by atoms with E-state index in [0.29, 0.717) is 17.9 Å². The molecule has 100 valence electrons. The summed E-state index contributed by atoms with van der Waals surface area (Å²) in [7, 11) is 3.31. The zero-order chi connectivity index (χ0) is 13.8. The first kappa shape index (κ1) is 14.0. The molecule has 2 rings (SSSR count). The average molecular weight is 341 g/mol. The fourth-order valence-corrected chi connectivity index (χ4v) is 2.57. The van der Waals surface area contributed by atoms with E-state index in [1.165, 1.54) is 11.3 Å². The van der Waals surface area contributed by atoms with Gasteiger partial charge in [0.25, 0.3) is 5.91 Å². The van der Waals surface area contributed by atoms with E-state index < -0.39 is 0 Å². The first-order chi connectivity index (χ1) is 9.11. The summed E-state index contributed by atoms with van der Waals surface area (Å²) in [5, 5.41) is 1.93. The Labute approximate surface area is 124 Å². The molecular formula is C13H13BrN2O2S. The Balaban J connectivity index is 2.19. The summed E-state index contributed by atoms with van der Waals surface area (Å²) >= 11 is 4.88. The lowest BCUT2D eigenvalue weighted by Gasteiger charge is -2.17. The van der Waals surface area contributed by atoms with Crippen LogP contribution in [-0.4, -0.2) is 29.9 Å². The van der Waals surface area contributed by atoms with Gasteiger partial charge in [0.1, 0.15) is 5.75 Å². The van der Waals surface area contributed by atoms with Gasteiger partial charge in [-0.1, -0.05) is 15.9 Å². The molecule has 1 amide bonds. The molecule has 1 aromatic heterocycles. The monoisotopic (exact) mass is 340 g/mol. The van der Waals surface area contributed by atoms with Crippen LogP contribution in [0.5, 0.6) is 5.75 Å². The normalized spacial score (nSPS) is 10.3. The van der Waals surface area contributed by atoms with Crippen molar-refractivity contribution in [2.75, 3.05) is 14.2 Å². The summed E-state index contributed by atoms with van der Waals surface area (Å²) < 4.78 is 6.12. The van der Waals surface area contributed by atoms with Crippen molar-refractivity contribution < 1.29 is 9.53 Å². The van der Waals surface area contributed by atoms with Crippen molar-refractivity contribution in [1.29, 1.82) is 0 Å². The van der Waals surface area contributed by atoms with Crippen LogP contribution >= 0.6 is 27.3 Å². The third-order valence-electron chi connectivity index (χ3n) is 2.62. The molecule has 0 aliphatic rings. The molecule has 0 aliphatic carbocycles. The lowest BCUT2D eigenvalue weighted by atomic mass is 10.1. The molecule has 0 unspecified atom stereocenters. The van der Waals surface area contributed by atoms with Crippen LogP contribution < -0.4 is 4.74 Å². The molecule has 0 fully saturated rings. The van der Waals surface area contributed by atoms with E-state index in [1.54, 1.807) is 36.7 Å². The summed E-state index contributed by atoms with van der Waals surface area (Å²) in [4.78, 5) is 18.2. The lowest BCUT2D eigenvalue weighted by molar-refractivity contribution is 0.0780. The largest absolute Gasteiger partial charge is 0.496 e. The van der Waals surface area contributed by atoms with E-state index in [4.69, 9.17) is 4.74 Å². The fraction of sp³-hybridized carbons (Fsp3) is 0.231. The fourth-order valence-electron chi connectivity index (χ4n) is 1.68. The number of amides is 1. The van der Waals surface area contributed by atoms with Gasteiger partial charge < -0.3 is 9.64 Å². The average Bonchev–Trinajstić information content (AvgIpc) is 2.90. The highest BCUT2D eigenvalue weighted by molar-refractivity contribution is 9.10. The van der Waals surface area contributed by atoms with E-state index in [1.807, 2.05) is 11.4 Å². The van der Waals surface area contributed by atoms with Crippen molar-refractivity contribution in [3.8, 4) is 5.75 Å². The van der Waals surface area contributed by atoms with Crippen LogP contribution in [0.1, 0.15) is 16.1 Å². The Morgan fingerprint density at radius 2 is 2.32 bits per heavy atom. The van der Waals surface area contributed by atoms with Crippen LogP contribution in [0, 0.1) is 0 Å². The number of carbonyl (C=O) groups excluding carboxylic acids is 1. The Hall–Kier alpha value is -1.40. The molecule has 1 heterocycles. The number of methoxy groups -OCH3 is 1. The van der Waals surface area contributed by atoms with Gasteiger partial charge in [0, 0.05) is 16.9 Å². The van der Waals surface area contributed by atoms with Crippen molar-refractivity contribution in [3.05, 3.63) is 44.8 Å². The van der Waals surface area contributed by atoms with Gasteiger partial charge in [0.05, 0.1) is 30.4 Å². The van der Waals surface area contributed by atoms with Crippen molar-refractivity contribution in [2.24, 2.45) is 0 Å². The van der Waals surface area contributed by atoms with E-state index in [-0.39, 0.29) is 5.91 Å². The number of benzene rings is 1. The minimum absolute atomic E-state index is 0.0858. The lowest BCUT2D eigenvalue weighted by Crippen LogP contribution is -2.26. The van der Waals surface area contributed by atoms with Crippen molar-refractivity contribution in [3.63, 3.8) is 0 Å². The third kappa shape index (κ3) is 3.33. The molecule has 0 spiro atoms. The first-order valence-corrected chi connectivity index (χ1v) is 7.31. The Bertz CT molecular complexity index is 572. The minimum atomic E-state index is -0.0858. The molecule has 0 N–H and O–H groups in total. The second-order valence-electron chi connectivity index (χ2n) is 3.99. The highest BCUT2D eigenvalue weighted by Gasteiger charge is 2.17. The Morgan fingerprint density at radius 3 is 2.95 bits per heavy atom. The van der Waals surface area contributed by atoms with Crippen LogP contribution in [0.3, 0.4) is 0 Å². The molecule has 6 heteroatoms. The summed E-state index contributed by atoms with van der Waals surface area (Å²) in [6, 6.07) is 5.36. The molecule has 0 aliphatic heterocycles. The van der Waals surface area contributed by atoms with Gasteiger partial charge >= 0.3 is 0 Å². The van der Waals surface area contributed by atoms with Crippen LogP contribution in [0.4, 0.5) is 0 Å². The Kier molecular flexibility index (Phi) is 4.55. The number of nitrogens with zero attached hydrogens (tertiary/aromatic N) is 2. The molecule has 0 atom stereocenters. The maximum atomic E-state index is 12.4. The van der Waals surface area contributed by atoms with Gasteiger partial charge in [0.15, 0.2) is 0 Å². The number of ether oxygens (including phenoxy) is 1. The summed E-state index contributed by atoms with van der Waals surface area (Å²) in [6.07, 6.45) is 0. The quantitative estimate of drug-likeness (QED) is 0.858. The number of thiazole rings is 1. The van der Waals surface area contributed by atoms with Gasteiger partial charge in [-0.25, -0.2) is 4.98 Å². The highest BCUT2D eigenvalue weighted by Crippen LogP contribution is 2.24. The zero-order valence-corrected chi connectivity index (χ0v) is 13.0. The molecule has 2 aromatic rings. The van der Waals surface area contributed by atoms with E-state index in [0.717, 1.165) is 10.2 Å². The maximum absolute atomic E-state index is 12.4. The number of hydrogen-bond donors (Lipinski definition) is 0.